The molecule has 1 fully saturated rings. The number of piperidine rings is 1. The molecule has 21 heavy (non-hydrogen) atoms. The van der Waals surface area contributed by atoms with Crippen molar-refractivity contribution in [3.63, 3.8) is 0 Å². The molecule has 6 nitrogen and oxygen atoms in total. The van der Waals surface area contributed by atoms with Crippen LogP contribution in [0.3, 0.4) is 0 Å². The summed E-state index contributed by atoms with van der Waals surface area (Å²) in [4.78, 5) is 25.4. The summed E-state index contributed by atoms with van der Waals surface area (Å²) in [6.45, 7) is 7.65. The fourth-order valence-corrected chi connectivity index (χ4v) is 2.56. The van der Waals surface area contributed by atoms with E-state index in [-0.39, 0.29) is 5.91 Å². The van der Waals surface area contributed by atoms with E-state index in [1.54, 1.807) is 0 Å². The van der Waals surface area contributed by atoms with Gasteiger partial charge in [0.15, 0.2) is 0 Å². The molecule has 3 amide bonds. The van der Waals surface area contributed by atoms with Crippen LogP contribution < -0.4 is 16.4 Å². The van der Waals surface area contributed by atoms with Gasteiger partial charge in [0.05, 0.1) is 6.54 Å². The fourth-order valence-electron chi connectivity index (χ4n) is 2.56. The Kier molecular flexibility index (Phi) is 8.30. The van der Waals surface area contributed by atoms with Gasteiger partial charge in [0, 0.05) is 6.54 Å². The molecular formula is C15H30N4O2. The normalized spacial score (nSPS) is 17.0. The Bertz CT molecular complexity index is 326. The van der Waals surface area contributed by atoms with Crippen molar-refractivity contribution in [3.8, 4) is 0 Å². The third-order valence-corrected chi connectivity index (χ3v) is 3.91. The molecule has 0 aromatic rings. The maximum atomic E-state index is 11.8. The molecule has 0 aliphatic carbocycles. The molecule has 0 bridgehead atoms. The van der Waals surface area contributed by atoms with Gasteiger partial charge in [-0.15, -0.1) is 0 Å². The molecule has 0 radical (unpaired) electrons. The zero-order chi connectivity index (χ0) is 15.7. The zero-order valence-corrected chi connectivity index (χ0v) is 13.4. The zero-order valence-electron chi connectivity index (χ0n) is 13.4. The lowest BCUT2D eigenvalue weighted by molar-refractivity contribution is -0.121. The lowest BCUT2D eigenvalue weighted by Gasteiger charge is -2.31. The number of hydrogen-bond donors (Lipinski definition) is 3. The fraction of sp³-hybridized carbons (Fsp3) is 0.867. The van der Waals surface area contributed by atoms with E-state index in [1.165, 1.54) is 0 Å². The number of nitrogens with zero attached hydrogens (tertiary/aromatic N) is 1. The van der Waals surface area contributed by atoms with E-state index in [9.17, 15) is 9.59 Å². The minimum Gasteiger partial charge on any atom is -0.338 e. The van der Waals surface area contributed by atoms with Gasteiger partial charge >= 0.3 is 6.03 Å². The van der Waals surface area contributed by atoms with E-state index in [0.717, 1.165) is 45.3 Å². The molecule has 0 saturated carbocycles. The van der Waals surface area contributed by atoms with Gasteiger partial charge in [-0.05, 0) is 57.2 Å². The van der Waals surface area contributed by atoms with Gasteiger partial charge in [-0.3, -0.25) is 15.0 Å². The number of likely N-dealkylation sites (tertiary alicyclic amines) is 1. The van der Waals surface area contributed by atoms with E-state index < -0.39 is 6.03 Å². The molecule has 1 saturated heterocycles. The Morgan fingerprint density at radius 2 is 1.95 bits per heavy atom. The molecule has 1 aliphatic heterocycles. The summed E-state index contributed by atoms with van der Waals surface area (Å²) in [5, 5.41) is 5.09. The van der Waals surface area contributed by atoms with E-state index in [0.29, 0.717) is 24.9 Å². The molecule has 0 aromatic carbocycles. The molecule has 1 heterocycles. The summed E-state index contributed by atoms with van der Waals surface area (Å²) in [5.41, 5.74) is 5.57. The van der Waals surface area contributed by atoms with Crippen molar-refractivity contribution in [2.24, 2.45) is 17.6 Å². The van der Waals surface area contributed by atoms with Gasteiger partial charge in [0.2, 0.25) is 5.91 Å². The number of amides is 3. The predicted octanol–water partition coefficient (Wildman–Crippen LogP) is 0.919. The number of rotatable bonds is 7. The van der Waals surface area contributed by atoms with Crippen LogP contribution in [0, 0.1) is 11.8 Å². The Morgan fingerprint density at radius 3 is 2.52 bits per heavy atom. The van der Waals surface area contributed by atoms with Gasteiger partial charge in [-0.25, -0.2) is 4.79 Å². The minimum absolute atomic E-state index is 0.227. The molecule has 6 heteroatoms. The van der Waals surface area contributed by atoms with E-state index >= 15 is 0 Å². The van der Waals surface area contributed by atoms with Crippen LogP contribution in [0.5, 0.6) is 0 Å². The van der Waals surface area contributed by atoms with Crippen molar-refractivity contribution in [3.05, 3.63) is 0 Å². The molecule has 0 unspecified atom stereocenters. The Hall–Kier alpha value is -1.14. The van der Waals surface area contributed by atoms with Gasteiger partial charge < -0.3 is 11.1 Å². The first-order valence-electron chi connectivity index (χ1n) is 8.01. The second-order valence-electron chi connectivity index (χ2n) is 6.28. The van der Waals surface area contributed by atoms with Crippen LogP contribution in [0.2, 0.25) is 0 Å². The van der Waals surface area contributed by atoms with Crippen molar-refractivity contribution in [2.45, 2.75) is 39.5 Å². The molecule has 4 N–H and O–H groups in total. The maximum absolute atomic E-state index is 11.8. The van der Waals surface area contributed by atoms with Crippen LogP contribution in [-0.4, -0.2) is 49.6 Å². The molecule has 0 aromatic heterocycles. The Balaban J connectivity index is 2.15. The van der Waals surface area contributed by atoms with Crippen LogP contribution in [-0.2, 0) is 4.79 Å². The summed E-state index contributed by atoms with van der Waals surface area (Å²) in [5.74, 6) is 0.999. The lowest BCUT2D eigenvalue weighted by atomic mass is 9.94. The predicted molar refractivity (Wildman–Crippen MR) is 83.8 cm³/mol. The Labute approximate surface area is 127 Å². The molecule has 1 rings (SSSR count). The quantitative estimate of drug-likeness (QED) is 0.652. The number of urea groups is 1. The highest BCUT2D eigenvalue weighted by atomic mass is 16.2. The summed E-state index contributed by atoms with van der Waals surface area (Å²) in [6.07, 6.45) is 4.16. The van der Waals surface area contributed by atoms with Crippen molar-refractivity contribution in [1.82, 2.24) is 15.5 Å². The number of nitrogens with two attached hydrogens (primary N) is 1. The topological polar surface area (TPSA) is 87.5 Å². The van der Waals surface area contributed by atoms with Gasteiger partial charge in [-0.1, -0.05) is 13.8 Å². The lowest BCUT2D eigenvalue weighted by Crippen LogP contribution is -2.46. The van der Waals surface area contributed by atoms with Crippen molar-refractivity contribution >= 4 is 11.9 Å². The summed E-state index contributed by atoms with van der Waals surface area (Å²) in [7, 11) is 0. The monoisotopic (exact) mass is 298 g/mol. The van der Waals surface area contributed by atoms with Crippen LogP contribution in [0.25, 0.3) is 0 Å². The summed E-state index contributed by atoms with van der Waals surface area (Å²) >= 11 is 0. The van der Waals surface area contributed by atoms with Crippen LogP contribution in [0.15, 0.2) is 0 Å². The Morgan fingerprint density at radius 1 is 1.29 bits per heavy atom. The number of hydrogen-bond acceptors (Lipinski definition) is 4. The van der Waals surface area contributed by atoms with Crippen LogP contribution in [0.1, 0.15) is 39.5 Å². The second-order valence-corrected chi connectivity index (χ2v) is 6.28. The SMILES string of the molecule is CC(C)CCNC(=O)NC(=O)CN1CCC(CCN)CC1. The van der Waals surface area contributed by atoms with Crippen LogP contribution >= 0.6 is 0 Å². The number of carbonyl (C=O) groups excluding carboxylic acids is 2. The maximum Gasteiger partial charge on any atom is 0.321 e. The first kappa shape index (κ1) is 17.9. The largest absolute Gasteiger partial charge is 0.338 e. The third kappa shape index (κ3) is 8.02. The third-order valence-electron chi connectivity index (χ3n) is 3.91. The first-order chi connectivity index (χ1) is 10.0. The summed E-state index contributed by atoms with van der Waals surface area (Å²) in [6, 6.07) is -0.390. The standard InChI is InChI=1S/C15H30N4O2/c1-12(2)4-8-17-15(21)18-14(20)11-19-9-5-13(3-7-16)6-10-19/h12-13H,3-11,16H2,1-2H3,(H2,17,18,20,21). The average molecular weight is 298 g/mol. The molecule has 0 atom stereocenters. The smallest absolute Gasteiger partial charge is 0.321 e. The van der Waals surface area contributed by atoms with Crippen molar-refractivity contribution in [1.29, 1.82) is 0 Å². The molecule has 0 spiro atoms. The number of nitrogens with one attached hydrogen (secondary N) is 2. The van der Waals surface area contributed by atoms with Gasteiger partial charge in [-0.2, -0.15) is 0 Å². The molecular weight excluding hydrogens is 268 g/mol. The molecule has 1 aliphatic rings. The van der Waals surface area contributed by atoms with Crippen molar-refractivity contribution in [2.75, 3.05) is 32.7 Å². The molecule has 122 valence electrons. The first-order valence-corrected chi connectivity index (χ1v) is 8.01. The highest BCUT2D eigenvalue weighted by molar-refractivity contribution is 5.95. The highest BCUT2D eigenvalue weighted by Crippen LogP contribution is 2.19. The second kappa shape index (κ2) is 9.73. The van der Waals surface area contributed by atoms with Gasteiger partial charge in [0.1, 0.15) is 0 Å². The number of carbonyl (C=O) groups is 2. The summed E-state index contributed by atoms with van der Waals surface area (Å²) < 4.78 is 0. The van der Waals surface area contributed by atoms with E-state index in [1.807, 2.05) is 0 Å². The van der Waals surface area contributed by atoms with E-state index in [2.05, 4.69) is 29.4 Å². The van der Waals surface area contributed by atoms with Crippen LogP contribution in [0.4, 0.5) is 4.79 Å². The number of imide groups is 1. The van der Waals surface area contributed by atoms with Crippen molar-refractivity contribution < 1.29 is 9.59 Å². The van der Waals surface area contributed by atoms with E-state index in [4.69, 9.17) is 5.73 Å². The van der Waals surface area contributed by atoms with Gasteiger partial charge in [0.25, 0.3) is 0 Å². The average Bonchev–Trinajstić information content (AvgIpc) is 2.40. The highest BCUT2D eigenvalue weighted by Gasteiger charge is 2.20. The minimum atomic E-state index is -0.390.